The third-order valence-electron chi connectivity index (χ3n) is 5.91. The summed E-state index contributed by atoms with van der Waals surface area (Å²) in [4.78, 5) is 34.2. The smallest absolute Gasteiger partial charge is 0.352 e. The standard InChI is InChI=1S/C24H23FN6O2/c1-17-26-21(18-5-3-2-4-6-18)15-22-27-30(24(33)31(17)22)16-23(32)29-13-11-28(12-14-29)20-9-7-19(25)8-10-20/h2-10,15H,11-14,16H2,1H3. The second-order valence-corrected chi connectivity index (χ2v) is 8.03. The van der Waals surface area contributed by atoms with E-state index in [-0.39, 0.29) is 24.0 Å². The van der Waals surface area contributed by atoms with Gasteiger partial charge in [0.25, 0.3) is 0 Å². The summed E-state index contributed by atoms with van der Waals surface area (Å²) >= 11 is 0. The molecule has 2 aromatic heterocycles. The van der Waals surface area contributed by atoms with Gasteiger partial charge >= 0.3 is 5.69 Å². The van der Waals surface area contributed by atoms with Gasteiger partial charge in [0, 0.05) is 43.5 Å². The number of aryl methyl sites for hydroxylation is 1. The Morgan fingerprint density at radius 1 is 1.00 bits per heavy atom. The maximum absolute atomic E-state index is 13.2. The van der Waals surface area contributed by atoms with E-state index in [1.54, 1.807) is 30.0 Å². The number of carbonyl (C=O) groups excluding carboxylic acids is 1. The molecule has 0 bridgehead atoms. The quantitative estimate of drug-likeness (QED) is 0.481. The van der Waals surface area contributed by atoms with Crippen LogP contribution in [-0.4, -0.2) is 56.2 Å². The van der Waals surface area contributed by atoms with Crippen LogP contribution in [0.5, 0.6) is 0 Å². The Labute approximate surface area is 189 Å². The van der Waals surface area contributed by atoms with Crippen LogP contribution in [-0.2, 0) is 11.3 Å². The number of piperazine rings is 1. The number of hydrogen-bond donors (Lipinski definition) is 0. The summed E-state index contributed by atoms with van der Waals surface area (Å²) in [5.41, 5.74) is 2.66. The summed E-state index contributed by atoms with van der Waals surface area (Å²) in [7, 11) is 0. The predicted octanol–water partition coefficient (Wildman–Crippen LogP) is 2.35. The van der Waals surface area contributed by atoms with Crippen molar-refractivity contribution in [2.24, 2.45) is 0 Å². The Bertz CT molecular complexity index is 1360. The van der Waals surface area contributed by atoms with Gasteiger partial charge in [0.2, 0.25) is 5.91 Å². The summed E-state index contributed by atoms with van der Waals surface area (Å²) in [5, 5.41) is 4.40. The van der Waals surface area contributed by atoms with Crippen molar-refractivity contribution in [2.75, 3.05) is 31.1 Å². The van der Waals surface area contributed by atoms with Gasteiger partial charge in [0.15, 0.2) is 5.65 Å². The number of fused-ring (bicyclic) bond motifs is 1. The van der Waals surface area contributed by atoms with Crippen LogP contribution < -0.4 is 10.6 Å². The molecule has 5 rings (SSSR count). The fourth-order valence-corrected chi connectivity index (χ4v) is 4.15. The molecule has 33 heavy (non-hydrogen) atoms. The molecule has 9 heteroatoms. The second kappa shape index (κ2) is 8.50. The van der Waals surface area contributed by atoms with E-state index >= 15 is 0 Å². The maximum Gasteiger partial charge on any atom is 0.352 e. The average Bonchev–Trinajstić information content (AvgIpc) is 3.15. The van der Waals surface area contributed by atoms with Crippen LogP contribution >= 0.6 is 0 Å². The molecule has 0 aliphatic carbocycles. The number of hydrogen-bond acceptors (Lipinski definition) is 5. The summed E-state index contributed by atoms with van der Waals surface area (Å²) in [6, 6.07) is 17.8. The Morgan fingerprint density at radius 2 is 1.70 bits per heavy atom. The Hall–Kier alpha value is -4.01. The molecule has 0 saturated carbocycles. The van der Waals surface area contributed by atoms with E-state index in [4.69, 9.17) is 0 Å². The molecule has 4 aromatic rings. The normalized spacial score (nSPS) is 14.1. The summed E-state index contributed by atoms with van der Waals surface area (Å²) in [6.45, 7) is 3.95. The lowest BCUT2D eigenvalue weighted by molar-refractivity contribution is -0.132. The molecule has 0 unspecified atom stereocenters. The van der Waals surface area contributed by atoms with Crippen molar-refractivity contribution in [1.29, 1.82) is 0 Å². The van der Waals surface area contributed by atoms with E-state index in [2.05, 4.69) is 15.0 Å². The fourth-order valence-electron chi connectivity index (χ4n) is 4.15. The van der Waals surface area contributed by atoms with Crippen LogP contribution in [0.25, 0.3) is 16.9 Å². The lowest BCUT2D eigenvalue weighted by Gasteiger charge is -2.36. The molecule has 1 saturated heterocycles. The first-order chi connectivity index (χ1) is 16.0. The van der Waals surface area contributed by atoms with Crippen molar-refractivity contribution in [3.05, 3.63) is 82.8 Å². The number of rotatable bonds is 4. The predicted molar refractivity (Wildman–Crippen MR) is 123 cm³/mol. The fraction of sp³-hybridized carbons (Fsp3) is 0.250. The molecule has 1 amide bonds. The molecule has 1 fully saturated rings. The van der Waals surface area contributed by atoms with Crippen LogP contribution in [0, 0.1) is 12.7 Å². The number of amides is 1. The molecule has 1 aliphatic rings. The summed E-state index contributed by atoms with van der Waals surface area (Å²) in [5.74, 6) is 0.0860. The number of nitrogens with zero attached hydrogens (tertiary/aromatic N) is 6. The molecule has 3 heterocycles. The Morgan fingerprint density at radius 3 is 2.39 bits per heavy atom. The largest absolute Gasteiger partial charge is 0.368 e. The van der Waals surface area contributed by atoms with Gasteiger partial charge in [-0.05, 0) is 31.2 Å². The van der Waals surface area contributed by atoms with Gasteiger partial charge in [0.1, 0.15) is 18.2 Å². The molecule has 168 valence electrons. The highest BCUT2D eigenvalue weighted by Gasteiger charge is 2.23. The first kappa shape index (κ1) is 20.9. The van der Waals surface area contributed by atoms with Gasteiger partial charge in [-0.15, -0.1) is 5.10 Å². The third kappa shape index (κ3) is 4.09. The Kier molecular flexibility index (Phi) is 5.37. The molecule has 0 spiro atoms. The molecule has 1 aliphatic heterocycles. The van der Waals surface area contributed by atoms with Gasteiger partial charge in [-0.2, -0.15) is 0 Å². The van der Waals surface area contributed by atoms with Crippen LogP contribution in [0.1, 0.15) is 5.82 Å². The minimum atomic E-state index is -0.382. The van der Waals surface area contributed by atoms with E-state index in [1.165, 1.54) is 21.2 Å². The van der Waals surface area contributed by atoms with Crippen molar-refractivity contribution in [3.63, 3.8) is 0 Å². The number of aromatic nitrogens is 4. The van der Waals surface area contributed by atoms with Crippen molar-refractivity contribution in [2.45, 2.75) is 13.5 Å². The van der Waals surface area contributed by atoms with Gasteiger partial charge < -0.3 is 9.80 Å². The second-order valence-electron chi connectivity index (χ2n) is 8.03. The Balaban J connectivity index is 1.31. The minimum absolute atomic E-state index is 0.128. The van der Waals surface area contributed by atoms with Crippen LogP contribution in [0.3, 0.4) is 0 Å². The van der Waals surface area contributed by atoms with E-state index in [1.807, 2.05) is 30.3 Å². The van der Waals surface area contributed by atoms with Crippen molar-refractivity contribution in [1.82, 2.24) is 24.1 Å². The number of carbonyl (C=O) groups is 1. The monoisotopic (exact) mass is 446 g/mol. The molecular weight excluding hydrogens is 423 g/mol. The van der Waals surface area contributed by atoms with E-state index in [9.17, 15) is 14.0 Å². The molecule has 0 radical (unpaired) electrons. The van der Waals surface area contributed by atoms with Gasteiger partial charge in [0.05, 0.1) is 5.69 Å². The first-order valence-corrected chi connectivity index (χ1v) is 10.8. The zero-order chi connectivity index (χ0) is 22.9. The molecular formula is C24H23FN6O2. The summed E-state index contributed by atoms with van der Waals surface area (Å²) < 4.78 is 15.8. The highest BCUT2D eigenvalue weighted by molar-refractivity contribution is 5.76. The van der Waals surface area contributed by atoms with Crippen LogP contribution in [0.2, 0.25) is 0 Å². The first-order valence-electron chi connectivity index (χ1n) is 10.8. The van der Waals surface area contributed by atoms with E-state index in [0.717, 1.165) is 16.9 Å². The maximum atomic E-state index is 13.2. The molecule has 8 nitrogen and oxygen atoms in total. The molecule has 0 atom stereocenters. The van der Waals surface area contributed by atoms with Crippen LogP contribution in [0.15, 0.2) is 65.5 Å². The van der Waals surface area contributed by atoms with Crippen molar-refractivity contribution in [3.8, 4) is 11.3 Å². The van der Waals surface area contributed by atoms with Gasteiger partial charge in [-0.25, -0.2) is 23.3 Å². The highest BCUT2D eigenvalue weighted by atomic mass is 19.1. The van der Waals surface area contributed by atoms with Gasteiger partial charge in [-0.3, -0.25) is 4.79 Å². The lowest BCUT2D eigenvalue weighted by Crippen LogP contribution is -2.50. The topological polar surface area (TPSA) is 75.7 Å². The zero-order valence-electron chi connectivity index (χ0n) is 18.2. The average molecular weight is 446 g/mol. The summed E-state index contributed by atoms with van der Waals surface area (Å²) in [6.07, 6.45) is 0. The van der Waals surface area contributed by atoms with Crippen molar-refractivity contribution < 1.29 is 9.18 Å². The lowest BCUT2D eigenvalue weighted by atomic mass is 10.1. The molecule has 2 aromatic carbocycles. The van der Waals surface area contributed by atoms with Gasteiger partial charge in [-0.1, -0.05) is 30.3 Å². The number of halogens is 1. The van der Waals surface area contributed by atoms with Crippen molar-refractivity contribution >= 4 is 17.2 Å². The third-order valence-corrected chi connectivity index (χ3v) is 5.91. The van der Waals surface area contributed by atoms with Crippen LogP contribution in [0.4, 0.5) is 10.1 Å². The number of anilines is 1. The minimum Gasteiger partial charge on any atom is -0.368 e. The highest BCUT2D eigenvalue weighted by Crippen LogP contribution is 2.19. The number of benzene rings is 2. The molecule has 0 N–H and O–H groups in total. The SMILES string of the molecule is Cc1nc(-c2ccccc2)cc2nn(CC(=O)N3CCN(c4ccc(F)cc4)CC3)c(=O)n12. The van der Waals surface area contributed by atoms with E-state index in [0.29, 0.717) is 37.7 Å². The van der Waals surface area contributed by atoms with E-state index < -0.39 is 0 Å². The zero-order valence-corrected chi connectivity index (χ0v) is 18.2.